The van der Waals surface area contributed by atoms with Gasteiger partial charge in [0, 0.05) is 0 Å². The Hall–Kier alpha value is -3.34. The lowest BCUT2D eigenvalue weighted by atomic mass is 9.96. The standard InChI is InChI=1S/C16H21N3O8/c1-10(2)26-18-15(17)19(11-6-4-3-5-7-11)27-13(22)9-16(25,14(23)24)8-12(20)21/h3-7,10,25H,8-9H2,1-2H3,(H2,17,18)(H,20,21)(H,23,24). The number of anilines is 1. The van der Waals surface area contributed by atoms with Crippen molar-refractivity contribution in [3.63, 3.8) is 0 Å². The molecule has 0 aliphatic rings. The number of nitrogens with two attached hydrogens (primary N) is 1. The van der Waals surface area contributed by atoms with Gasteiger partial charge in [0.25, 0.3) is 5.96 Å². The predicted molar refractivity (Wildman–Crippen MR) is 92.3 cm³/mol. The van der Waals surface area contributed by atoms with E-state index in [-0.39, 0.29) is 17.8 Å². The van der Waals surface area contributed by atoms with Gasteiger partial charge in [0.15, 0.2) is 5.60 Å². The third kappa shape index (κ3) is 6.82. The zero-order chi connectivity index (χ0) is 20.6. The maximum Gasteiger partial charge on any atom is 0.336 e. The summed E-state index contributed by atoms with van der Waals surface area (Å²) in [5.41, 5.74) is 3.17. The van der Waals surface area contributed by atoms with Crippen molar-refractivity contribution in [3.8, 4) is 0 Å². The molecule has 0 amide bonds. The highest BCUT2D eigenvalue weighted by molar-refractivity contribution is 5.95. The Balaban J connectivity index is 3.04. The Morgan fingerprint density at radius 2 is 1.78 bits per heavy atom. The molecule has 11 heteroatoms. The summed E-state index contributed by atoms with van der Waals surface area (Å²) in [6.45, 7) is 3.38. The van der Waals surface area contributed by atoms with Crippen LogP contribution in [0, 0.1) is 0 Å². The SMILES string of the molecule is CC(C)ON=C(N)N(OC(=O)CC(O)(CC(=O)O)C(=O)O)c1ccccc1. The number of hydrogen-bond donors (Lipinski definition) is 4. The number of carboxylic acid groups (broad SMARTS) is 2. The molecule has 0 aliphatic carbocycles. The molecule has 0 aliphatic heterocycles. The largest absolute Gasteiger partial charge is 0.481 e. The Bertz CT molecular complexity index is 707. The third-order valence-electron chi connectivity index (χ3n) is 3.03. The number of carbonyl (C=O) groups is 3. The van der Waals surface area contributed by atoms with E-state index in [1.807, 2.05) is 0 Å². The first kappa shape index (κ1) is 21.7. The number of aliphatic carboxylic acids is 2. The van der Waals surface area contributed by atoms with Crippen molar-refractivity contribution in [2.75, 3.05) is 5.06 Å². The van der Waals surface area contributed by atoms with Crippen molar-refractivity contribution in [2.24, 2.45) is 10.9 Å². The molecule has 0 bridgehead atoms. The van der Waals surface area contributed by atoms with Gasteiger partial charge in [-0.1, -0.05) is 18.2 Å². The first-order chi connectivity index (χ1) is 12.5. The summed E-state index contributed by atoms with van der Waals surface area (Å²) in [7, 11) is 0. The number of hydroxylamine groups is 1. The van der Waals surface area contributed by atoms with Crippen molar-refractivity contribution in [3.05, 3.63) is 30.3 Å². The summed E-state index contributed by atoms with van der Waals surface area (Å²) in [5, 5.41) is 32.1. The van der Waals surface area contributed by atoms with E-state index >= 15 is 0 Å². The van der Waals surface area contributed by atoms with Gasteiger partial charge in [-0.2, -0.15) is 0 Å². The number of carbonyl (C=O) groups excluding carboxylic acids is 1. The Labute approximate surface area is 154 Å². The predicted octanol–water partition coefficient (Wildman–Crippen LogP) is 0.286. The number of nitrogens with zero attached hydrogens (tertiary/aromatic N) is 2. The fraction of sp³-hybridized carbons (Fsp3) is 0.375. The Morgan fingerprint density at radius 3 is 2.26 bits per heavy atom. The van der Waals surface area contributed by atoms with Gasteiger partial charge in [-0.05, 0) is 31.1 Å². The van der Waals surface area contributed by atoms with E-state index in [1.54, 1.807) is 32.0 Å². The molecule has 0 fully saturated rings. The number of carboxylic acids is 2. The van der Waals surface area contributed by atoms with E-state index in [9.17, 15) is 19.5 Å². The quantitative estimate of drug-likeness (QED) is 0.277. The highest BCUT2D eigenvalue weighted by Gasteiger charge is 2.42. The molecule has 1 unspecified atom stereocenters. The number of oxime groups is 1. The average molecular weight is 383 g/mol. The number of aliphatic hydroxyl groups is 1. The lowest BCUT2D eigenvalue weighted by molar-refractivity contribution is -0.171. The number of guanidine groups is 1. The molecule has 0 heterocycles. The zero-order valence-electron chi connectivity index (χ0n) is 14.7. The summed E-state index contributed by atoms with van der Waals surface area (Å²) >= 11 is 0. The fourth-order valence-corrected chi connectivity index (χ4v) is 1.83. The minimum Gasteiger partial charge on any atom is -0.481 e. The van der Waals surface area contributed by atoms with Crippen LogP contribution in [0.15, 0.2) is 35.5 Å². The second-order valence-electron chi connectivity index (χ2n) is 5.78. The number of para-hydroxylation sites is 1. The van der Waals surface area contributed by atoms with Crippen molar-refractivity contribution in [2.45, 2.75) is 38.4 Å². The molecule has 0 aromatic heterocycles. The molecule has 148 valence electrons. The highest BCUT2D eigenvalue weighted by Crippen LogP contribution is 2.20. The fourth-order valence-electron chi connectivity index (χ4n) is 1.83. The molecule has 0 saturated heterocycles. The first-order valence-corrected chi connectivity index (χ1v) is 7.78. The van der Waals surface area contributed by atoms with E-state index in [1.165, 1.54) is 12.1 Å². The molecule has 27 heavy (non-hydrogen) atoms. The molecule has 1 aromatic carbocycles. The molecule has 0 spiro atoms. The van der Waals surface area contributed by atoms with E-state index in [2.05, 4.69) is 5.16 Å². The van der Waals surface area contributed by atoms with Gasteiger partial charge < -0.3 is 30.7 Å². The molecule has 11 nitrogen and oxygen atoms in total. The third-order valence-corrected chi connectivity index (χ3v) is 3.03. The molecular formula is C16H21N3O8. The van der Waals surface area contributed by atoms with E-state index in [0.29, 0.717) is 0 Å². The van der Waals surface area contributed by atoms with Crippen molar-refractivity contribution in [1.82, 2.24) is 0 Å². The summed E-state index contributed by atoms with van der Waals surface area (Å²) in [6, 6.07) is 7.96. The molecule has 1 atom stereocenters. The zero-order valence-corrected chi connectivity index (χ0v) is 14.7. The summed E-state index contributed by atoms with van der Waals surface area (Å²) in [6.07, 6.45) is -2.64. The van der Waals surface area contributed by atoms with Gasteiger partial charge in [0.1, 0.15) is 6.10 Å². The summed E-state index contributed by atoms with van der Waals surface area (Å²) in [5.74, 6) is -5.09. The van der Waals surface area contributed by atoms with Crippen LogP contribution in [0.1, 0.15) is 26.7 Å². The maximum atomic E-state index is 12.1. The van der Waals surface area contributed by atoms with Crippen LogP contribution in [0.3, 0.4) is 0 Å². The second-order valence-corrected chi connectivity index (χ2v) is 5.78. The first-order valence-electron chi connectivity index (χ1n) is 7.78. The van der Waals surface area contributed by atoms with Gasteiger partial charge in [-0.15, -0.1) is 5.06 Å². The normalized spacial score (nSPS) is 13.6. The van der Waals surface area contributed by atoms with Gasteiger partial charge in [-0.25, -0.2) is 9.59 Å². The average Bonchev–Trinajstić information content (AvgIpc) is 2.57. The van der Waals surface area contributed by atoms with Gasteiger partial charge in [0.05, 0.1) is 18.5 Å². The van der Waals surface area contributed by atoms with Crippen molar-refractivity contribution in [1.29, 1.82) is 0 Å². The topological polar surface area (TPSA) is 172 Å². The number of rotatable bonds is 8. The van der Waals surface area contributed by atoms with Crippen LogP contribution >= 0.6 is 0 Å². The smallest absolute Gasteiger partial charge is 0.336 e. The van der Waals surface area contributed by atoms with Gasteiger partial charge >= 0.3 is 17.9 Å². The van der Waals surface area contributed by atoms with Crippen LogP contribution in [0.25, 0.3) is 0 Å². The molecular weight excluding hydrogens is 362 g/mol. The Kier molecular flexibility index (Phi) is 7.54. The molecule has 5 N–H and O–H groups in total. The summed E-state index contributed by atoms with van der Waals surface area (Å²) < 4.78 is 0. The molecule has 1 rings (SSSR count). The van der Waals surface area contributed by atoms with Crippen LogP contribution < -0.4 is 10.8 Å². The van der Waals surface area contributed by atoms with Crippen LogP contribution in [-0.4, -0.2) is 50.9 Å². The van der Waals surface area contributed by atoms with Crippen molar-refractivity contribution >= 4 is 29.6 Å². The summed E-state index contributed by atoms with van der Waals surface area (Å²) in [4.78, 5) is 44.0. The van der Waals surface area contributed by atoms with Crippen LogP contribution in [0.2, 0.25) is 0 Å². The Morgan fingerprint density at radius 1 is 1.19 bits per heavy atom. The van der Waals surface area contributed by atoms with Gasteiger partial charge in [-0.3, -0.25) is 4.79 Å². The van der Waals surface area contributed by atoms with Crippen molar-refractivity contribution < 1.29 is 39.4 Å². The molecule has 1 aromatic rings. The van der Waals surface area contributed by atoms with Crippen LogP contribution in [-0.2, 0) is 24.1 Å². The monoisotopic (exact) mass is 383 g/mol. The number of benzene rings is 1. The lowest BCUT2D eigenvalue weighted by Gasteiger charge is -2.24. The number of hydrogen-bond acceptors (Lipinski definition) is 7. The lowest BCUT2D eigenvalue weighted by Crippen LogP contribution is -2.46. The van der Waals surface area contributed by atoms with E-state index in [0.717, 1.165) is 5.06 Å². The minimum absolute atomic E-state index is 0.261. The molecule has 0 saturated carbocycles. The van der Waals surface area contributed by atoms with Gasteiger partial charge in [0.2, 0.25) is 0 Å². The van der Waals surface area contributed by atoms with Crippen LogP contribution in [0.5, 0.6) is 0 Å². The highest BCUT2D eigenvalue weighted by atomic mass is 16.7. The van der Waals surface area contributed by atoms with E-state index in [4.69, 9.17) is 25.6 Å². The van der Waals surface area contributed by atoms with E-state index < -0.39 is 36.4 Å². The van der Waals surface area contributed by atoms with Crippen LogP contribution in [0.4, 0.5) is 5.69 Å². The molecule has 0 radical (unpaired) electrons. The minimum atomic E-state index is -2.84. The second kappa shape index (κ2) is 9.38. The maximum absolute atomic E-state index is 12.1.